The Labute approximate surface area is 190 Å². The number of amides is 1. The third kappa shape index (κ3) is 4.24. The Morgan fingerprint density at radius 2 is 1.94 bits per heavy atom. The van der Waals surface area contributed by atoms with Crippen molar-refractivity contribution in [1.82, 2.24) is 14.5 Å². The Hall–Kier alpha value is -3.58. The zero-order valence-corrected chi connectivity index (χ0v) is 18.2. The zero-order chi connectivity index (χ0) is 22.7. The Bertz CT molecular complexity index is 1160. The predicted octanol–water partition coefficient (Wildman–Crippen LogP) is 4.06. The number of nitrogens with zero attached hydrogens (tertiary/aromatic N) is 3. The lowest BCUT2D eigenvalue weighted by Gasteiger charge is -2.25. The molecule has 0 saturated carbocycles. The number of carbonyl (C=O) groups excluding carboxylic acids is 2. The minimum Gasteiger partial charge on any atom is -0.507 e. The van der Waals surface area contributed by atoms with E-state index in [-0.39, 0.29) is 11.3 Å². The van der Waals surface area contributed by atoms with E-state index in [1.165, 1.54) is 12.0 Å². The summed E-state index contributed by atoms with van der Waals surface area (Å²) in [6.45, 7) is 0.983. The molecule has 2 aromatic carbocycles. The number of rotatable bonds is 7. The van der Waals surface area contributed by atoms with Gasteiger partial charge in [-0.25, -0.2) is 4.98 Å². The number of likely N-dealkylation sites (tertiary alicyclic amines) is 1. The van der Waals surface area contributed by atoms with Crippen LogP contribution in [0.5, 0.6) is 5.75 Å². The molecule has 8 heteroatoms. The monoisotopic (exact) mass is 451 g/mol. The van der Waals surface area contributed by atoms with Crippen LogP contribution < -0.4 is 4.74 Å². The highest BCUT2D eigenvalue weighted by Gasteiger charge is 2.45. The fourth-order valence-corrected chi connectivity index (χ4v) is 4.00. The van der Waals surface area contributed by atoms with Gasteiger partial charge in [-0.15, -0.1) is 0 Å². The van der Waals surface area contributed by atoms with Crippen LogP contribution in [0.4, 0.5) is 0 Å². The van der Waals surface area contributed by atoms with Crippen LogP contribution in [-0.4, -0.2) is 44.9 Å². The van der Waals surface area contributed by atoms with Gasteiger partial charge in [-0.1, -0.05) is 35.9 Å². The SMILES string of the molecule is COc1cccc(/C(O)=C2/C(=O)C(=O)N(CCCn3ccnc3)C2c2ccc(Cl)cc2)c1. The van der Waals surface area contributed by atoms with Crippen molar-refractivity contribution in [3.05, 3.63) is 89.0 Å². The highest BCUT2D eigenvalue weighted by molar-refractivity contribution is 6.46. The number of benzene rings is 2. The van der Waals surface area contributed by atoms with E-state index in [1.54, 1.807) is 61.1 Å². The van der Waals surface area contributed by atoms with Crippen molar-refractivity contribution >= 4 is 29.1 Å². The fraction of sp³-hybridized carbons (Fsp3) is 0.208. The van der Waals surface area contributed by atoms with Gasteiger partial charge in [-0.05, 0) is 36.2 Å². The molecule has 4 rings (SSSR count). The molecule has 0 aliphatic carbocycles. The number of aryl methyl sites for hydroxylation is 1. The van der Waals surface area contributed by atoms with Gasteiger partial charge in [0.05, 0.1) is 25.1 Å². The van der Waals surface area contributed by atoms with Crippen molar-refractivity contribution in [1.29, 1.82) is 0 Å². The fourth-order valence-electron chi connectivity index (χ4n) is 3.87. The van der Waals surface area contributed by atoms with Gasteiger partial charge in [0, 0.05) is 36.1 Å². The molecule has 0 radical (unpaired) electrons. The van der Waals surface area contributed by atoms with Crippen LogP contribution in [0, 0.1) is 0 Å². The van der Waals surface area contributed by atoms with Gasteiger partial charge >= 0.3 is 0 Å². The first-order chi connectivity index (χ1) is 15.5. The summed E-state index contributed by atoms with van der Waals surface area (Å²) in [5.41, 5.74) is 1.15. The largest absolute Gasteiger partial charge is 0.507 e. The van der Waals surface area contributed by atoms with Crippen LogP contribution >= 0.6 is 11.6 Å². The van der Waals surface area contributed by atoms with Gasteiger partial charge in [-0.2, -0.15) is 0 Å². The van der Waals surface area contributed by atoms with Gasteiger partial charge in [0.25, 0.3) is 11.7 Å². The maximum Gasteiger partial charge on any atom is 0.295 e. The normalized spacial score (nSPS) is 17.7. The lowest BCUT2D eigenvalue weighted by atomic mass is 9.95. The number of imidazole rings is 1. The van der Waals surface area contributed by atoms with E-state index in [0.717, 1.165) is 0 Å². The molecule has 0 bridgehead atoms. The van der Waals surface area contributed by atoms with Crippen LogP contribution in [0.1, 0.15) is 23.6 Å². The molecular formula is C24H22ClN3O4. The summed E-state index contributed by atoms with van der Waals surface area (Å²) < 4.78 is 7.14. The van der Waals surface area contributed by atoms with E-state index in [1.807, 2.05) is 10.8 Å². The highest BCUT2D eigenvalue weighted by atomic mass is 35.5. The minimum atomic E-state index is -0.721. The molecule has 1 aromatic heterocycles. The first-order valence-electron chi connectivity index (χ1n) is 10.1. The number of ketones is 1. The van der Waals surface area contributed by atoms with Crippen LogP contribution in [-0.2, 0) is 16.1 Å². The summed E-state index contributed by atoms with van der Waals surface area (Å²) in [6, 6.07) is 13.0. The Balaban J connectivity index is 1.73. The molecule has 164 valence electrons. The summed E-state index contributed by atoms with van der Waals surface area (Å²) in [4.78, 5) is 31.6. The van der Waals surface area contributed by atoms with Gasteiger partial charge < -0.3 is 19.3 Å². The van der Waals surface area contributed by atoms with E-state index in [2.05, 4.69) is 4.98 Å². The van der Waals surface area contributed by atoms with E-state index < -0.39 is 17.7 Å². The van der Waals surface area contributed by atoms with Crippen molar-refractivity contribution in [2.45, 2.75) is 19.0 Å². The lowest BCUT2D eigenvalue weighted by Crippen LogP contribution is -2.31. The number of halogens is 1. The molecule has 1 saturated heterocycles. The summed E-state index contributed by atoms with van der Waals surface area (Å²) in [6.07, 6.45) is 5.85. The maximum absolute atomic E-state index is 13.0. The van der Waals surface area contributed by atoms with Gasteiger partial charge in [-0.3, -0.25) is 9.59 Å². The number of methoxy groups -OCH3 is 1. The summed E-state index contributed by atoms with van der Waals surface area (Å²) in [5, 5.41) is 11.6. The number of aromatic nitrogens is 2. The second kappa shape index (κ2) is 9.28. The number of carbonyl (C=O) groups is 2. The molecule has 1 fully saturated rings. The standard InChI is InChI=1S/C24H22ClN3O4/c1-32-19-5-2-4-17(14-19)22(29)20-21(16-6-8-18(25)9-7-16)28(24(31)23(20)30)12-3-11-27-13-10-26-15-27/h2,4-10,13-15,21,29H,3,11-12H2,1H3/b22-20-. The number of ether oxygens (including phenoxy) is 1. The average molecular weight is 452 g/mol. The van der Waals surface area contributed by atoms with E-state index in [0.29, 0.717) is 41.4 Å². The molecule has 2 heterocycles. The number of aliphatic hydroxyl groups is 1. The van der Waals surface area contributed by atoms with E-state index in [4.69, 9.17) is 16.3 Å². The molecule has 1 aliphatic heterocycles. The lowest BCUT2D eigenvalue weighted by molar-refractivity contribution is -0.139. The van der Waals surface area contributed by atoms with Crippen molar-refractivity contribution < 1.29 is 19.4 Å². The van der Waals surface area contributed by atoms with Crippen LogP contribution in [0.25, 0.3) is 5.76 Å². The van der Waals surface area contributed by atoms with Crippen LogP contribution in [0.15, 0.2) is 72.8 Å². The maximum atomic E-state index is 13.0. The second-order valence-electron chi connectivity index (χ2n) is 7.43. The number of hydrogen-bond acceptors (Lipinski definition) is 5. The molecule has 1 aliphatic rings. The molecular weight excluding hydrogens is 430 g/mol. The number of hydrogen-bond donors (Lipinski definition) is 1. The third-order valence-electron chi connectivity index (χ3n) is 5.44. The molecule has 1 amide bonds. The van der Waals surface area contributed by atoms with Gasteiger partial charge in [0.2, 0.25) is 0 Å². The average Bonchev–Trinajstić information content (AvgIpc) is 3.41. The smallest absolute Gasteiger partial charge is 0.295 e. The molecule has 7 nitrogen and oxygen atoms in total. The third-order valence-corrected chi connectivity index (χ3v) is 5.70. The van der Waals surface area contributed by atoms with Crippen molar-refractivity contribution in [2.75, 3.05) is 13.7 Å². The molecule has 1 unspecified atom stereocenters. The predicted molar refractivity (Wildman–Crippen MR) is 120 cm³/mol. The summed E-state index contributed by atoms with van der Waals surface area (Å²) in [5.74, 6) is -1.06. The van der Waals surface area contributed by atoms with Crippen molar-refractivity contribution in [3.63, 3.8) is 0 Å². The van der Waals surface area contributed by atoms with Gasteiger partial charge in [0.1, 0.15) is 11.5 Å². The van der Waals surface area contributed by atoms with E-state index >= 15 is 0 Å². The molecule has 1 N–H and O–H groups in total. The highest BCUT2D eigenvalue weighted by Crippen LogP contribution is 2.40. The topological polar surface area (TPSA) is 84.7 Å². The molecule has 3 aromatic rings. The molecule has 32 heavy (non-hydrogen) atoms. The summed E-state index contributed by atoms with van der Waals surface area (Å²) >= 11 is 6.05. The minimum absolute atomic E-state index is 0.0493. The van der Waals surface area contributed by atoms with Crippen LogP contribution in [0.2, 0.25) is 5.02 Å². The Morgan fingerprint density at radius 3 is 2.62 bits per heavy atom. The van der Waals surface area contributed by atoms with Crippen molar-refractivity contribution in [2.24, 2.45) is 0 Å². The number of aliphatic hydroxyl groups excluding tert-OH is 1. The van der Waals surface area contributed by atoms with Crippen molar-refractivity contribution in [3.8, 4) is 5.75 Å². The van der Waals surface area contributed by atoms with Gasteiger partial charge in [0.15, 0.2) is 0 Å². The number of Topliss-reactive ketones (excluding diaryl/α,β-unsaturated/α-hetero) is 1. The van der Waals surface area contributed by atoms with E-state index in [9.17, 15) is 14.7 Å². The Morgan fingerprint density at radius 1 is 1.16 bits per heavy atom. The Kier molecular flexibility index (Phi) is 6.28. The summed E-state index contributed by atoms with van der Waals surface area (Å²) in [7, 11) is 1.52. The van der Waals surface area contributed by atoms with Crippen LogP contribution in [0.3, 0.4) is 0 Å². The second-order valence-corrected chi connectivity index (χ2v) is 7.87. The molecule has 0 spiro atoms. The molecule has 1 atom stereocenters. The first-order valence-corrected chi connectivity index (χ1v) is 10.5. The first kappa shape index (κ1) is 21.6. The quantitative estimate of drug-likeness (QED) is 0.332. The zero-order valence-electron chi connectivity index (χ0n) is 17.4.